The predicted octanol–water partition coefficient (Wildman–Crippen LogP) is 4.21. The third kappa shape index (κ3) is 2.49. The number of carbonyl (C=O) groups excluding carboxylic acids is 1. The van der Waals surface area contributed by atoms with E-state index in [1.807, 2.05) is 42.3 Å². The second-order valence-corrected chi connectivity index (χ2v) is 6.61. The molecule has 2 aromatic rings. The second-order valence-electron chi connectivity index (χ2n) is 5.43. The molecule has 0 radical (unpaired) electrons. The van der Waals surface area contributed by atoms with Crippen molar-refractivity contribution in [2.75, 3.05) is 7.05 Å². The molecule has 1 fully saturated rings. The maximum atomic E-state index is 12.6. The van der Waals surface area contributed by atoms with E-state index in [2.05, 4.69) is 15.9 Å². The Balaban J connectivity index is 1.83. The van der Waals surface area contributed by atoms with Crippen LogP contribution in [0.25, 0.3) is 11.0 Å². The van der Waals surface area contributed by atoms with Gasteiger partial charge in [-0.05, 0) is 25.0 Å². The fraction of sp³-hybridized carbons (Fsp3) is 0.438. The Hall–Kier alpha value is -1.29. The SMILES string of the molecule is CN(C(=O)c1cc2ccccc2o1)C1CCCCC1Br. The molecule has 0 bridgehead atoms. The minimum Gasteiger partial charge on any atom is -0.451 e. The van der Waals surface area contributed by atoms with Crippen molar-refractivity contribution in [3.63, 3.8) is 0 Å². The fourth-order valence-electron chi connectivity index (χ4n) is 2.91. The standard InChI is InChI=1S/C16H18BrNO2/c1-18(13-8-4-3-7-12(13)17)16(19)15-10-11-6-2-5-9-14(11)20-15/h2,5-6,9-10,12-13H,3-4,7-8H2,1H3. The number of nitrogens with zero attached hydrogens (tertiary/aromatic N) is 1. The van der Waals surface area contributed by atoms with Gasteiger partial charge in [-0.1, -0.05) is 47.0 Å². The first-order chi connectivity index (χ1) is 9.66. The molecule has 1 aliphatic carbocycles. The molecule has 1 amide bonds. The molecule has 20 heavy (non-hydrogen) atoms. The van der Waals surface area contributed by atoms with Crippen molar-refractivity contribution in [3.05, 3.63) is 36.1 Å². The van der Waals surface area contributed by atoms with Crippen LogP contribution in [0.1, 0.15) is 36.2 Å². The lowest BCUT2D eigenvalue weighted by atomic mass is 9.94. The van der Waals surface area contributed by atoms with Crippen molar-refractivity contribution in [3.8, 4) is 0 Å². The average Bonchev–Trinajstić information content (AvgIpc) is 2.90. The van der Waals surface area contributed by atoms with Crippen molar-refractivity contribution >= 4 is 32.8 Å². The van der Waals surface area contributed by atoms with Crippen LogP contribution in [0, 0.1) is 0 Å². The Morgan fingerprint density at radius 3 is 2.80 bits per heavy atom. The number of hydrogen-bond acceptors (Lipinski definition) is 2. The summed E-state index contributed by atoms with van der Waals surface area (Å²) in [4.78, 5) is 14.8. The summed E-state index contributed by atoms with van der Waals surface area (Å²) in [7, 11) is 1.87. The van der Waals surface area contributed by atoms with E-state index < -0.39 is 0 Å². The van der Waals surface area contributed by atoms with Gasteiger partial charge in [-0.2, -0.15) is 0 Å². The summed E-state index contributed by atoms with van der Waals surface area (Å²) in [5.74, 6) is 0.400. The van der Waals surface area contributed by atoms with Crippen LogP contribution < -0.4 is 0 Å². The molecule has 1 heterocycles. The van der Waals surface area contributed by atoms with Gasteiger partial charge in [0.2, 0.25) is 0 Å². The lowest BCUT2D eigenvalue weighted by Crippen LogP contribution is -2.43. The van der Waals surface area contributed by atoms with Gasteiger partial charge in [-0.3, -0.25) is 4.79 Å². The summed E-state index contributed by atoms with van der Waals surface area (Å²) in [5.41, 5.74) is 0.767. The molecule has 2 unspecified atom stereocenters. The van der Waals surface area contributed by atoms with Gasteiger partial charge in [0.15, 0.2) is 5.76 Å². The molecule has 3 rings (SSSR count). The molecule has 1 saturated carbocycles. The molecule has 106 valence electrons. The third-order valence-corrected chi connectivity index (χ3v) is 5.17. The molecule has 2 atom stereocenters. The summed E-state index contributed by atoms with van der Waals surface area (Å²) < 4.78 is 5.67. The van der Waals surface area contributed by atoms with Gasteiger partial charge in [-0.25, -0.2) is 0 Å². The van der Waals surface area contributed by atoms with Gasteiger partial charge in [-0.15, -0.1) is 0 Å². The highest BCUT2D eigenvalue weighted by atomic mass is 79.9. The van der Waals surface area contributed by atoms with Gasteiger partial charge < -0.3 is 9.32 Å². The van der Waals surface area contributed by atoms with Crippen molar-refractivity contribution in [1.29, 1.82) is 0 Å². The molecule has 0 spiro atoms. The summed E-state index contributed by atoms with van der Waals surface area (Å²) in [5, 5.41) is 0.975. The van der Waals surface area contributed by atoms with Crippen LogP contribution in [0.2, 0.25) is 0 Å². The van der Waals surface area contributed by atoms with E-state index in [1.165, 1.54) is 12.8 Å². The average molecular weight is 336 g/mol. The van der Waals surface area contributed by atoms with Crippen LogP contribution in [0.4, 0.5) is 0 Å². The van der Waals surface area contributed by atoms with Crippen LogP contribution in [-0.4, -0.2) is 28.7 Å². The quantitative estimate of drug-likeness (QED) is 0.770. The molecule has 3 nitrogen and oxygen atoms in total. The zero-order valence-corrected chi connectivity index (χ0v) is 13.1. The first kappa shape index (κ1) is 13.7. The summed E-state index contributed by atoms with van der Waals surface area (Å²) in [6, 6.07) is 9.80. The van der Waals surface area contributed by atoms with Crippen LogP contribution in [0.5, 0.6) is 0 Å². The Labute approximate surface area is 127 Å². The zero-order valence-electron chi connectivity index (χ0n) is 11.5. The summed E-state index contributed by atoms with van der Waals surface area (Å²) in [6.07, 6.45) is 4.60. The van der Waals surface area contributed by atoms with E-state index in [0.29, 0.717) is 10.6 Å². The van der Waals surface area contributed by atoms with Gasteiger partial charge in [0.1, 0.15) is 5.58 Å². The molecule has 1 aromatic carbocycles. The molecular formula is C16H18BrNO2. The van der Waals surface area contributed by atoms with Crippen molar-refractivity contribution < 1.29 is 9.21 Å². The molecule has 1 aliphatic rings. The Bertz CT molecular complexity index is 589. The normalized spacial score (nSPS) is 22.9. The number of para-hydroxylation sites is 1. The van der Waals surface area contributed by atoms with Gasteiger partial charge in [0.05, 0.1) is 0 Å². The topological polar surface area (TPSA) is 33.5 Å². The fourth-order valence-corrected chi connectivity index (χ4v) is 3.86. The number of rotatable bonds is 2. The summed E-state index contributed by atoms with van der Waals surface area (Å²) in [6.45, 7) is 0. The third-order valence-electron chi connectivity index (χ3n) is 4.10. The Morgan fingerprint density at radius 1 is 1.30 bits per heavy atom. The van der Waals surface area contributed by atoms with E-state index in [-0.39, 0.29) is 11.9 Å². The monoisotopic (exact) mass is 335 g/mol. The van der Waals surface area contributed by atoms with E-state index in [9.17, 15) is 4.79 Å². The number of carbonyl (C=O) groups is 1. The van der Waals surface area contributed by atoms with Crippen molar-refractivity contribution in [1.82, 2.24) is 4.90 Å². The van der Waals surface area contributed by atoms with Gasteiger partial charge >= 0.3 is 0 Å². The second kappa shape index (κ2) is 5.60. The maximum absolute atomic E-state index is 12.6. The van der Waals surface area contributed by atoms with Crippen LogP contribution >= 0.6 is 15.9 Å². The first-order valence-electron chi connectivity index (χ1n) is 7.06. The minimum absolute atomic E-state index is 0.0300. The molecule has 0 saturated heterocycles. The molecule has 1 aromatic heterocycles. The lowest BCUT2D eigenvalue weighted by molar-refractivity contribution is 0.0675. The largest absolute Gasteiger partial charge is 0.451 e. The highest BCUT2D eigenvalue weighted by molar-refractivity contribution is 9.09. The highest BCUT2D eigenvalue weighted by Gasteiger charge is 2.30. The van der Waals surface area contributed by atoms with E-state index in [4.69, 9.17) is 4.42 Å². The Kier molecular flexibility index (Phi) is 3.83. The molecule has 4 heteroatoms. The van der Waals surface area contributed by atoms with Crippen LogP contribution in [0.3, 0.4) is 0 Å². The molecular weight excluding hydrogens is 318 g/mol. The van der Waals surface area contributed by atoms with E-state index in [0.717, 1.165) is 23.8 Å². The number of benzene rings is 1. The number of furan rings is 1. The number of hydrogen-bond donors (Lipinski definition) is 0. The first-order valence-corrected chi connectivity index (χ1v) is 7.98. The maximum Gasteiger partial charge on any atom is 0.289 e. The van der Waals surface area contributed by atoms with Crippen molar-refractivity contribution in [2.24, 2.45) is 0 Å². The highest BCUT2D eigenvalue weighted by Crippen LogP contribution is 2.29. The smallest absolute Gasteiger partial charge is 0.289 e. The van der Waals surface area contributed by atoms with E-state index >= 15 is 0 Å². The van der Waals surface area contributed by atoms with Crippen LogP contribution in [0.15, 0.2) is 34.7 Å². The number of amides is 1. The Morgan fingerprint density at radius 2 is 2.05 bits per heavy atom. The lowest BCUT2D eigenvalue weighted by Gasteiger charge is -2.34. The van der Waals surface area contributed by atoms with E-state index in [1.54, 1.807) is 0 Å². The minimum atomic E-state index is -0.0300. The van der Waals surface area contributed by atoms with Crippen molar-refractivity contribution in [2.45, 2.75) is 36.6 Å². The summed E-state index contributed by atoms with van der Waals surface area (Å²) >= 11 is 3.71. The molecule has 0 aliphatic heterocycles. The zero-order chi connectivity index (χ0) is 14.1. The number of fused-ring (bicyclic) bond motifs is 1. The van der Waals surface area contributed by atoms with Gasteiger partial charge in [0.25, 0.3) is 5.91 Å². The number of halogens is 1. The predicted molar refractivity (Wildman–Crippen MR) is 83.3 cm³/mol. The number of alkyl halides is 1. The van der Waals surface area contributed by atoms with Gasteiger partial charge in [0, 0.05) is 23.3 Å². The van der Waals surface area contributed by atoms with Crippen LogP contribution in [-0.2, 0) is 0 Å². The molecule has 0 N–H and O–H groups in total.